The van der Waals surface area contributed by atoms with Crippen LogP contribution in [0.5, 0.6) is 5.88 Å². The lowest BCUT2D eigenvalue weighted by atomic mass is 10.0. The number of hydrogen-bond acceptors (Lipinski definition) is 5. The van der Waals surface area contributed by atoms with E-state index < -0.39 is 17.6 Å². The number of nitrogens with zero attached hydrogens (tertiary/aromatic N) is 3. The Morgan fingerprint density at radius 3 is 2.00 bits per heavy atom. The van der Waals surface area contributed by atoms with Gasteiger partial charge in [0.1, 0.15) is 11.3 Å². The molecule has 1 aromatic heterocycles. The van der Waals surface area contributed by atoms with E-state index in [4.69, 9.17) is 51.1 Å². The average Bonchev–Trinajstić information content (AvgIpc) is 3.33. The van der Waals surface area contributed by atoms with Gasteiger partial charge >= 0.3 is 0 Å². The summed E-state index contributed by atoms with van der Waals surface area (Å²) < 4.78 is 6.87. The maximum atomic E-state index is 13.9. The third-order valence-corrected chi connectivity index (χ3v) is 6.78. The first-order chi connectivity index (χ1) is 17.7. The summed E-state index contributed by atoms with van der Waals surface area (Å²) in [5, 5.41) is 5.00. The Balaban J connectivity index is 1.86. The van der Waals surface area contributed by atoms with Crippen LogP contribution in [0, 0.1) is 0 Å². The van der Waals surface area contributed by atoms with Crippen molar-refractivity contribution in [3.8, 4) is 11.6 Å². The summed E-state index contributed by atoms with van der Waals surface area (Å²) in [6, 6.07) is 15.6. The summed E-state index contributed by atoms with van der Waals surface area (Å²) in [7, 11) is 0. The second-order valence-corrected chi connectivity index (χ2v) is 9.52. The van der Waals surface area contributed by atoms with Gasteiger partial charge in [-0.15, -0.1) is 5.10 Å². The predicted molar refractivity (Wildman–Crippen MR) is 142 cm³/mol. The van der Waals surface area contributed by atoms with E-state index in [2.05, 4.69) is 5.10 Å². The molecule has 4 aromatic rings. The number of amides is 2. The zero-order chi connectivity index (χ0) is 26.4. The van der Waals surface area contributed by atoms with Gasteiger partial charge in [0, 0.05) is 10.6 Å². The molecule has 0 unspecified atom stereocenters. The van der Waals surface area contributed by atoms with E-state index in [1.54, 1.807) is 37.3 Å². The molecule has 2 heterocycles. The summed E-state index contributed by atoms with van der Waals surface area (Å²) in [6.45, 7) is 1.83. The zero-order valence-corrected chi connectivity index (χ0v) is 22.0. The summed E-state index contributed by atoms with van der Waals surface area (Å²) in [5.41, 5.74) is 0.395. The molecule has 0 radical (unpaired) electrons. The fourth-order valence-electron chi connectivity index (χ4n) is 4.09. The quantitative estimate of drug-likeness (QED) is 0.184. The molecule has 0 N–H and O–H groups in total. The monoisotopic (exact) mass is 573 g/mol. The Bertz CT molecular complexity index is 1560. The van der Waals surface area contributed by atoms with Crippen molar-refractivity contribution in [2.45, 2.75) is 6.92 Å². The highest BCUT2D eigenvalue weighted by Crippen LogP contribution is 2.42. The molecule has 0 saturated heterocycles. The van der Waals surface area contributed by atoms with E-state index in [0.717, 1.165) is 9.58 Å². The molecule has 0 aliphatic carbocycles. The molecule has 0 spiro atoms. The largest absolute Gasteiger partial charge is 0.476 e. The molecule has 1 aliphatic heterocycles. The van der Waals surface area contributed by atoms with E-state index >= 15 is 0 Å². The highest BCUT2D eigenvalue weighted by molar-refractivity contribution is 6.41. The van der Waals surface area contributed by atoms with Crippen LogP contribution >= 0.6 is 46.4 Å². The fourth-order valence-corrected chi connectivity index (χ4v) is 5.29. The smallest absolute Gasteiger partial charge is 0.267 e. The van der Waals surface area contributed by atoms with Crippen molar-refractivity contribution in [3.63, 3.8) is 0 Å². The highest BCUT2D eigenvalue weighted by Gasteiger charge is 2.43. The second kappa shape index (κ2) is 9.84. The summed E-state index contributed by atoms with van der Waals surface area (Å²) >= 11 is 25.5. The number of ketones is 1. The van der Waals surface area contributed by atoms with Gasteiger partial charge in [0.15, 0.2) is 5.82 Å². The van der Waals surface area contributed by atoms with Gasteiger partial charge in [-0.1, -0.05) is 70.7 Å². The van der Waals surface area contributed by atoms with Crippen LogP contribution < -0.4 is 9.64 Å². The lowest BCUT2D eigenvalue weighted by Gasteiger charge is -2.19. The van der Waals surface area contributed by atoms with Gasteiger partial charge in [-0.3, -0.25) is 14.4 Å². The van der Waals surface area contributed by atoms with E-state index in [0.29, 0.717) is 0 Å². The number of rotatable bonds is 6. The maximum Gasteiger partial charge on any atom is 0.267 e. The molecule has 2 amide bonds. The van der Waals surface area contributed by atoms with E-state index in [1.807, 2.05) is 0 Å². The van der Waals surface area contributed by atoms with Crippen molar-refractivity contribution in [3.05, 3.63) is 103 Å². The number of fused-ring (bicyclic) bond motifs is 1. The minimum atomic E-state index is -0.654. The minimum absolute atomic E-state index is 0.0673. The van der Waals surface area contributed by atoms with Gasteiger partial charge < -0.3 is 4.74 Å². The van der Waals surface area contributed by atoms with Crippen molar-refractivity contribution in [2.75, 3.05) is 11.5 Å². The molecule has 5 rings (SSSR count). The number of ether oxygens (including phenoxy) is 1. The molecule has 1 aliphatic rings. The van der Waals surface area contributed by atoms with Crippen LogP contribution in [0.15, 0.2) is 60.7 Å². The first-order valence-corrected chi connectivity index (χ1v) is 12.4. The Morgan fingerprint density at radius 2 is 1.43 bits per heavy atom. The SMILES string of the molecule is CCOc1nn(-c2c(Cl)cc(Cl)cc2Cl)c(N2C(=O)c3ccccc3C2=O)c1C(=O)c1ccccc1Cl. The number of aromatic nitrogens is 2. The van der Waals surface area contributed by atoms with Crippen molar-refractivity contribution < 1.29 is 19.1 Å². The Morgan fingerprint density at radius 1 is 0.865 bits per heavy atom. The summed E-state index contributed by atoms with van der Waals surface area (Å²) in [6.07, 6.45) is 0. The summed E-state index contributed by atoms with van der Waals surface area (Å²) in [4.78, 5) is 41.9. The number of anilines is 1. The third kappa shape index (κ3) is 4.18. The van der Waals surface area contributed by atoms with Gasteiger partial charge in [0.2, 0.25) is 11.7 Å². The van der Waals surface area contributed by atoms with Crippen LogP contribution in [0.25, 0.3) is 5.69 Å². The lowest BCUT2D eigenvalue weighted by Crippen LogP contribution is -2.33. The van der Waals surface area contributed by atoms with Crippen LogP contribution in [0.3, 0.4) is 0 Å². The van der Waals surface area contributed by atoms with Gasteiger partial charge in [-0.25, -0.2) is 9.58 Å². The van der Waals surface area contributed by atoms with Gasteiger partial charge in [-0.05, 0) is 43.3 Å². The standard InChI is InChI=1S/C26H15Cl4N3O4/c1-2-37-23-20(22(34)16-9-5-6-10-17(16)28)24(32-25(35)14-7-3-4-8-15(14)26(32)36)33(31-23)21-18(29)11-13(27)12-19(21)30/h3-12H,2H2,1H3. The molecule has 186 valence electrons. The molecule has 0 fully saturated rings. The number of imide groups is 1. The second-order valence-electron chi connectivity index (χ2n) is 7.87. The molecular formula is C26H15Cl4N3O4. The fraction of sp³-hybridized carbons (Fsp3) is 0.0769. The van der Waals surface area contributed by atoms with Crippen LogP contribution in [0.2, 0.25) is 20.1 Å². The first kappa shape index (κ1) is 25.3. The molecule has 37 heavy (non-hydrogen) atoms. The molecule has 7 nitrogen and oxygen atoms in total. The number of carbonyl (C=O) groups excluding carboxylic acids is 3. The number of carbonyl (C=O) groups is 3. The normalized spacial score (nSPS) is 12.7. The highest BCUT2D eigenvalue weighted by atomic mass is 35.5. The summed E-state index contributed by atoms with van der Waals surface area (Å²) in [5.74, 6) is -2.25. The van der Waals surface area contributed by atoms with Crippen molar-refractivity contribution >= 4 is 69.8 Å². The minimum Gasteiger partial charge on any atom is -0.476 e. The molecule has 0 bridgehead atoms. The van der Waals surface area contributed by atoms with Gasteiger partial charge in [0.05, 0.1) is 32.8 Å². The molecule has 3 aromatic carbocycles. The number of benzene rings is 3. The van der Waals surface area contributed by atoms with E-state index in [1.165, 1.54) is 30.3 Å². The van der Waals surface area contributed by atoms with Gasteiger partial charge in [0.25, 0.3) is 11.8 Å². The number of halogens is 4. The Labute approximate surface area is 231 Å². The van der Waals surface area contributed by atoms with E-state index in [-0.39, 0.29) is 66.3 Å². The topological polar surface area (TPSA) is 81.5 Å². The van der Waals surface area contributed by atoms with Crippen LogP contribution in [-0.4, -0.2) is 34.0 Å². The predicted octanol–water partition coefficient (Wildman–Crippen LogP) is 6.92. The van der Waals surface area contributed by atoms with Crippen LogP contribution in [-0.2, 0) is 0 Å². The molecular weight excluding hydrogens is 560 g/mol. The molecule has 0 saturated carbocycles. The van der Waals surface area contributed by atoms with Crippen LogP contribution in [0.1, 0.15) is 43.6 Å². The zero-order valence-electron chi connectivity index (χ0n) is 19.0. The van der Waals surface area contributed by atoms with Crippen molar-refractivity contribution in [1.82, 2.24) is 9.78 Å². The lowest BCUT2D eigenvalue weighted by molar-refractivity contribution is 0.0924. The van der Waals surface area contributed by atoms with Gasteiger partial charge in [-0.2, -0.15) is 0 Å². The van der Waals surface area contributed by atoms with Crippen molar-refractivity contribution in [2.24, 2.45) is 0 Å². The van der Waals surface area contributed by atoms with Crippen LogP contribution in [0.4, 0.5) is 5.82 Å². The molecule has 0 atom stereocenters. The maximum absolute atomic E-state index is 13.9. The molecule has 11 heteroatoms. The number of hydrogen-bond donors (Lipinski definition) is 0. The first-order valence-electron chi connectivity index (χ1n) is 10.9. The average molecular weight is 575 g/mol. The Kier molecular flexibility index (Phi) is 6.72. The van der Waals surface area contributed by atoms with E-state index in [9.17, 15) is 14.4 Å². The van der Waals surface area contributed by atoms with Crippen molar-refractivity contribution in [1.29, 1.82) is 0 Å². The Hall–Kier alpha value is -3.36. The third-order valence-electron chi connectivity index (χ3n) is 5.65.